The lowest BCUT2D eigenvalue weighted by molar-refractivity contribution is 0.0478. The van der Waals surface area contributed by atoms with Crippen molar-refractivity contribution in [1.82, 2.24) is 9.21 Å². The fourth-order valence-corrected chi connectivity index (χ4v) is 4.35. The fourth-order valence-electron chi connectivity index (χ4n) is 2.76. The number of hydrogen-bond donors (Lipinski definition) is 0. The Balaban J connectivity index is 2.38. The molecule has 1 aromatic rings. The Morgan fingerprint density at radius 1 is 1.29 bits per heavy atom. The predicted molar refractivity (Wildman–Crippen MR) is 96.4 cm³/mol. The number of sulfonamides is 1. The average Bonchev–Trinajstić information content (AvgIpc) is 2.70. The third kappa shape index (κ3) is 5.37. The molecule has 1 fully saturated rings. The van der Waals surface area contributed by atoms with Crippen LogP contribution < -0.4 is 4.74 Å². The summed E-state index contributed by atoms with van der Waals surface area (Å²) in [4.78, 5) is 13.5. The third-order valence-electron chi connectivity index (χ3n) is 4.21. The van der Waals surface area contributed by atoms with Crippen molar-refractivity contribution in [3.05, 3.63) is 23.8 Å². The van der Waals surface area contributed by atoms with E-state index in [0.717, 1.165) is 11.0 Å². The number of ether oxygens (including phenoxy) is 3. The summed E-state index contributed by atoms with van der Waals surface area (Å²) >= 11 is 0. The van der Waals surface area contributed by atoms with Crippen molar-refractivity contribution in [2.45, 2.75) is 11.3 Å². The zero-order valence-corrected chi connectivity index (χ0v) is 16.6. The number of carbonyl (C=O) groups excluding carboxylic acids is 1. The monoisotopic (exact) mass is 422 g/mol. The lowest BCUT2D eigenvalue weighted by Gasteiger charge is -2.27. The first-order valence-electron chi connectivity index (χ1n) is 8.63. The van der Waals surface area contributed by atoms with Crippen molar-refractivity contribution < 1.29 is 36.2 Å². The lowest BCUT2D eigenvalue weighted by atomic mass is 10.2. The van der Waals surface area contributed by atoms with Crippen LogP contribution in [0.15, 0.2) is 23.1 Å². The van der Waals surface area contributed by atoms with E-state index in [9.17, 15) is 22.0 Å². The van der Waals surface area contributed by atoms with Crippen molar-refractivity contribution in [1.29, 1.82) is 0 Å². The van der Waals surface area contributed by atoms with Crippen LogP contribution in [0.25, 0.3) is 0 Å². The second-order valence-corrected chi connectivity index (χ2v) is 7.92. The van der Waals surface area contributed by atoms with E-state index in [4.69, 9.17) is 14.2 Å². The smallest absolute Gasteiger partial charge is 0.255 e. The summed E-state index contributed by atoms with van der Waals surface area (Å²) < 4.78 is 68.1. The molecule has 1 heterocycles. The van der Waals surface area contributed by atoms with Crippen LogP contribution in [0.3, 0.4) is 0 Å². The van der Waals surface area contributed by atoms with Gasteiger partial charge in [0.2, 0.25) is 10.0 Å². The van der Waals surface area contributed by atoms with Crippen molar-refractivity contribution in [3.8, 4) is 5.75 Å². The molecule has 1 aliphatic heterocycles. The zero-order chi connectivity index (χ0) is 20.7. The van der Waals surface area contributed by atoms with Crippen molar-refractivity contribution in [2.75, 3.05) is 60.2 Å². The number of halogens is 2. The molecule has 11 heteroatoms. The summed E-state index contributed by atoms with van der Waals surface area (Å²) in [7, 11) is -1.23. The van der Waals surface area contributed by atoms with Gasteiger partial charge < -0.3 is 19.1 Å². The van der Waals surface area contributed by atoms with Gasteiger partial charge in [0, 0.05) is 32.3 Å². The molecule has 0 aliphatic carbocycles. The molecule has 0 unspecified atom stereocenters. The molecule has 2 rings (SSSR count). The molecule has 8 nitrogen and oxygen atoms in total. The quantitative estimate of drug-likeness (QED) is 0.592. The molecule has 0 aromatic heterocycles. The summed E-state index contributed by atoms with van der Waals surface area (Å²) in [5, 5.41) is 0. The topological polar surface area (TPSA) is 85.4 Å². The van der Waals surface area contributed by atoms with E-state index < -0.39 is 28.9 Å². The van der Waals surface area contributed by atoms with Crippen LogP contribution in [-0.4, -0.2) is 90.2 Å². The highest BCUT2D eigenvalue weighted by Crippen LogP contribution is 2.29. The van der Waals surface area contributed by atoms with Crippen LogP contribution in [0.1, 0.15) is 10.4 Å². The van der Waals surface area contributed by atoms with E-state index in [1.54, 1.807) is 0 Å². The SMILES string of the molecule is COCCN(CC(F)F)C(=O)c1ccc(OC)c(S(=O)(=O)N2CCOCC2)c1. The van der Waals surface area contributed by atoms with E-state index >= 15 is 0 Å². The maximum atomic E-state index is 13.0. The largest absolute Gasteiger partial charge is 0.495 e. The van der Waals surface area contributed by atoms with Crippen LogP contribution in [0.4, 0.5) is 8.78 Å². The van der Waals surface area contributed by atoms with E-state index in [2.05, 4.69) is 0 Å². The normalized spacial score (nSPS) is 15.6. The molecule has 0 N–H and O–H groups in total. The minimum atomic E-state index is -3.94. The number of nitrogens with zero attached hydrogens (tertiary/aromatic N) is 2. The summed E-state index contributed by atoms with van der Waals surface area (Å²) in [6, 6.07) is 3.86. The van der Waals surface area contributed by atoms with Gasteiger partial charge in [0.1, 0.15) is 10.6 Å². The van der Waals surface area contributed by atoms with Gasteiger partial charge >= 0.3 is 0 Å². The second-order valence-electron chi connectivity index (χ2n) is 6.02. The molecule has 1 aliphatic rings. The molecule has 0 atom stereocenters. The Morgan fingerprint density at radius 3 is 2.54 bits per heavy atom. The molecule has 1 aromatic carbocycles. The number of rotatable bonds is 9. The standard InChI is InChI=1S/C17H24F2N2O6S/c1-25-8-5-20(12-16(18)19)17(22)13-3-4-14(26-2)15(11-13)28(23,24)21-6-9-27-10-7-21/h3-4,11,16H,5-10,12H2,1-2H3. The number of amides is 1. The molecule has 1 saturated heterocycles. The number of alkyl halides is 2. The molecule has 0 spiro atoms. The average molecular weight is 422 g/mol. The Bertz CT molecular complexity index is 769. The van der Waals surface area contributed by atoms with Crippen molar-refractivity contribution in [3.63, 3.8) is 0 Å². The molecular formula is C17H24F2N2O6S. The maximum absolute atomic E-state index is 13.0. The molecule has 0 saturated carbocycles. The van der Waals surface area contributed by atoms with Gasteiger partial charge in [0.15, 0.2) is 0 Å². The lowest BCUT2D eigenvalue weighted by Crippen LogP contribution is -2.41. The first-order valence-corrected chi connectivity index (χ1v) is 10.1. The Labute approximate surface area is 163 Å². The summed E-state index contributed by atoms with van der Waals surface area (Å²) in [5.74, 6) is -0.640. The Kier molecular flexibility index (Phi) is 8.10. The summed E-state index contributed by atoms with van der Waals surface area (Å²) in [6.45, 7) is 0.132. The van der Waals surface area contributed by atoms with Crippen LogP contribution in [0, 0.1) is 0 Å². The Morgan fingerprint density at radius 2 is 1.96 bits per heavy atom. The van der Waals surface area contributed by atoms with Crippen LogP contribution in [-0.2, 0) is 19.5 Å². The van der Waals surface area contributed by atoms with Crippen LogP contribution in [0.5, 0.6) is 5.75 Å². The highest BCUT2D eigenvalue weighted by molar-refractivity contribution is 7.89. The summed E-state index contributed by atoms with van der Waals surface area (Å²) in [5.41, 5.74) is -0.0237. The molecule has 0 bridgehead atoms. The number of hydrogen-bond acceptors (Lipinski definition) is 6. The summed E-state index contributed by atoms with van der Waals surface area (Å²) in [6.07, 6.45) is -2.73. The molecule has 158 valence electrons. The minimum absolute atomic E-state index is 0.0237. The van der Waals surface area contributed by atoms with Crippen molar-refractivity contribution >= 4 is 15.9 Å². The third-order valence-corrected chi connectivity index (χ3v) is 6.13. The van der Waals surface area contributed by atoms with E-state index in [1.165, 1.54) is 30.7 Å². The van der Waals surface area contributed by atoms with Crippen LogP contribution in [0.2, 0.25) is 0 Å². The van der Waals surface area contributed by atoms with Crippen molar-refractivity contribution in [2.24, 2.45) is 0 Å². The van der Waals surface area contributed by atoms with Gasteiger partial charge in [-0.2, -0.15) is 4.31 Å². The van der Waals surface area contributed by atoms with E-state index in [0.29, 0.717) is 0 Å². The highest BCUT2D eigenvalue weighted by atomic mass is 32.2. The predicted octanol–water partition coefficient (Wildman–Crippen LogP) is 1.07. The molecule has 28 heavy (non-hydrogen) atoms. The van der Waals surface area contributed by atoms with Gasteiger partial charge in [-0.05, 0) is 18.2 Å². The molecular weight excluding hydrogens is 398 g/mol. The Hall–Kier alpha value is -1.82. The van der Waals surface area contributed by atoms with E-state index in [1.807, 2.05) is 0 Å². The minimum Gasteiger partial charge on any atom is -0.495 e. The zero-order valence-electron chi connectivity index (χ0n) is 15.8. The van der Waals surface area contributed by atoms with Gasteiger partial charge in [-0.1, -0.05) is 0 Å². The fraction of sp³-hybridized carbons (Fsp3) is 0.588. The second kappa shape index (κ2) is 10.1. The van der Waals surface area contributed by atoms with E-state index in [-0.39, 0.29) is 55.7 Å². The van der Waals surface area contributed by atoms with Gasteiger partial charge in [-0.15, -0.1) is 0 Å². The number of methoxy groups -OCH3 is 2. The number of morpholine rings is 1. The van der Waals surface area contributed by atoms with Crippen LogP contribution >= 0.6 is 0 Å². The molecule has 0 radical (unpaired) electrons. The maximum Gasteiger partial charge on any atom is 0.255 e. The van der Waals surface area contributed by atoms with Gasteiger partial charge in [-0.25, -0.2) is 17.2 Å². The first kappa shape index (κ1) is 22.5. The molecule has 1 amide bonds. The van der Waals surface area contributed by atoms with Gasteiger partial charge in [0.05, 0.1) is 33.5 Å². The number of carbonyl (C=O) groups is 1. The first-order chi connectivity index (χ1) is 13.3. The van der Waals surface area contributed by atoms with Gasteiger partial charge in [-0.3, -0.25) is 4.79 Å². The van der Waals surface area contributed by atoms with Gasteiger partial charge in [0.25, 0.3) is 12.3 Å². The highest BCUT2D eigenvalue weighted by Gasteiger charge is 2.31. The number of benzene rings is 1.